The molecule has 2 aliphatic heterocycles. The fourth-order valence-corrected chi connectivity index (χ4v) is 4.65. The van der Waals surface area contributed by atoms with Crippen LogP contribution in [-0.4, -0.2) is 64.3 Å². The van der Waals surface area contributed by atoms with Gasteiger partial charge in [-0.2, -0.15) is 0 Å². The Kier molecular flexibility index (Phi) is 9.88. The number of hydrogen-bond donors (Lipinski definition) is 2. The third kappa shape index (κ3) is 7.79. The zero-order chi connectivity index (χ0) is 27.9. The van der Waals surface area contributed by atoms with Crippen LogP contribution in [0, 0.1) is 0 Å². The van der Waals surface area contributed by atoms with Crippen molar-refractivity contribution >= 4 is 35.4 Å². The molecule has 0 radical (unpaired) electrons. The van der Waals surface area contributed by atoms with Crippen molar-refractivity contribution in [2.75, 3.05) is 18.4 Å². The number of rotatable bonds is 11. The van der Waals surface area contributed by atoms with E-state index in [1.54, 1.807) is 23.1 Å². The number of nitrogens with zero attached hydrogens (tertiary/aromatic N) is 2. The number of anilines is 1. The van der Waals surface area contributed by atoms with E-state index in [1.807, 2.05) is 20.8 Å². The van der Waals surface area contributed by atoms with E-state index in [4.69, 9.17) is 4.74 Å². The molecule has 10 heteroatoms. The smallest absolute Gasteiger partial charge is 0.410 e. The third-order valence-electron chi connectivity index (χ3n) is 6.62. The summed E-state index contributed by atoms with van der Waals surface area (Å²) in [4.78, 5) is 65.1. The maximum atomic E-state index is 13.0. The third-order valence-corrected chi connectivity index (χ3v) is 6.62. The number of carbonyl (C=O) groups is 5. The summed E-state index contributed by atoms with van der Waals surface area (Å²) in [7, 11) is 0. The van der Waals surface area contributed by atoms with Crippen molar-refractivity contribution in [1.82, 2.24) is 15.1 Å². The average Bonchev–Trinajstić information content (AvgIpc) is 3.17. The molecule has 208 valence electrons. The lowest BCUT2D eigenvalue weighted by Gasteiger charge is -2.29. The number of unbranched alkanes of at least 4 members (excludes halogenated alkanes) is 3. The zero-order valence-corrected chi connectivity index (χ0v) is 22.9. The summed E-state index contributed by atoms with van der Waals surface area (Å²) in [6.07, 6.45) is 4.60. The SMILES string of the molecule is CCCCN(CCCCCC(=O)Nc1cccc2c1CN(C1CCC(=O)NC1=O)C2=O)C(=O)OC(C)(C)C. The fraction of sp³-hybridized carbons (Fsp3) is 0.607. The normalized spacial score (nSPS) is 17.2. The lowest BCUT2D eigenvalue weighted by molar-refractivity contribution is -0.137. The fourth-order valence-electron chi connectivity index (χ4n) is 4.65. The lowest BCUT2D eigenvalue weighted by Crippen LogP contribution is -2.52. The van der Waals surface area contributed by atoms with Gasteiger partial charge in [0.2, 0.25) is 17.7 Å². The topological polar surface area (TPSA) is 125 Å². The minimum atomic E-state index is -0.700. The molecule has 0 spiro atoms. The van der Waals surface area contributed by atoms with Crippen molar-refractivity contribution in [2.45, 2.75) is 97.2 Å². The van der Waals surface area contributed by atoms with Crippen molar-refractivity contribution in [1.29, 1.82) is 0 Å². The Morgan fingerprint density at radius 1 is 1.11 bits per heavy atom. The molecule has 38 heavy (non-hydrogen) atoms. The monoisotopic (exact) mass is 528 g/mol. The van der Waals surface area contributed by atoms with Gasteiger partial charge >= 0.3 is 6.09 Å². The first kappa shape index (κ1) is 29.1. The molecule has 1 aromatic carbocycles. The molecule has 1 fully saturated rings. The summed E-state index contributed by atoms with van der Waals surface area (Å²) in [6, 6.07) is 4.45. The Bertz CT molecular complexity index is 1060. The molecule has 0 aromatic heterocycles. The Balaban J connectivity index is 1.48. The van der Waals surface area contributed by atoms with Gasteiger partial charge in [0, 0.05) is 49.3 Å². The summed E-state index contributed by atoms with van der Waals surface area (Å²) in [5, 5.41) is 5.22. The van der Waals surface area contributed by atoms with Gasteiger partial charge in [0.05, 0.1) is 0 Å². The Labute approximate surface area is 224 Å². The van der Waals surface area contributed by atoms with Crippen molar-refractivity contribution in [3.63, 3.8) is 0 Å². The summed E-state index contributed by atoms with van der Waals surface area (Å²) in [6.45, 7) is 9.08. The van der Waals surface area contributed by atoms with Gasteiger partial charge in [-0.15, -0.1) is 0 Å². The lowest BCUT2D eigenvalue weighted by atomic mass is 10.0. The van der Waals surface area contributed by atoms with Crippen LogP contribution in [0.25, 0.3) is 0 Å². The first-order chi connectivity index (χ1) is 18.0. The molecule has 2 aliphatic rings. The predicted octanol–water partition coefficient (Wildman–Crippen LogP) is 3.98. The number of fused-ring (bicyclic) bond motifs is 1. The van der Waals surface area contributed by atoms with Gasteiger partial charge in [-0.05, 0) is 58.6 Å². The van der Waals surface area contributed by atoms with E-state index in [2.05, 4.69) is 17.6 Å². The van der Waals surface area contributed by atoms with Gasteiger partial charge in [0.25, 0.3) is 5.91 Å². The summed E-state index contributed by atoms with van der Waals surface area (Å²) in [5.74, 6) is -1.22. The minimum absolute atomic E-state index is 0.153. The molecular weight excluding hydrogens is 488 g/mol. The highest BCUT2D eigenvalue weighted by Gasteiger charge is 2.40. The quantitative estimate of drug-likeness (QED) is 0.331. The molecule has 10 nitrogen and oxygen atoms in total. The first-order valence-corrected chi connectivity index (χ1v) is 13.5. The molecule has 0 bridgehead atoms. The highest BCUT2D eigenvalue weighted by molar-refractivity contribution is 6.06. The molecule has 1 saturated heterocycles. The molecule has 5 amide bonds. The van der Waals surface area contributed by atoms with E-state index < -0.39 is 17.6 Å². The van der Waals surface area contributed by atoms with Crippen molar-refractivity contribution in [3.05, 3.63) is 29.3 Å². The first-order valence-electron chi connectivity index (χ1n) is 13.5. The van der Waals surface area contributed by atoms with E-state index in [-0.39, 0.29) is 43.2 Å². The number of piperidine rings is 1. The van der Waals surface area contributed by atoms with Crippen molar-refractivity contribution in [2.24, 2.45) is 0 Å². The number of carbonyl (C=O) groups excluding carboxylic acids is 5. The molecule has 2 N–H and O–H groups in total. The summed E-state index contributed by atoms with van der Waals surface area (Å²) < 4.78 is 5.52. The number of benzene rings is 1. The number of imide groups is 1. The van der Waals surface area contributed by atoms with Gasteiger partial charge in [0.1, 0.15) is 11.6 Å². The van der Waals surface area contributed by atoms with Crippen LogP contribution < -0.4 is 10.6 Å². The van der Waals surface area contributed by atoms with Gasteiger partial charge in [-0.3, -0.25) is 24.5 Å². The van der Waals surface area contributed by atoms with Gasteiger partial charge in [-0.25, -0.2) is 4.79 Å². The molecule has 2 heterocycles. The molecule has 0 aliphatic carbocycles. The van der Waals surface area contributed by atoms with E-state index in [0.717, 1.165) is 25.7 Å². The zero-order valence-electron chi connectivity index (χ0n) is 22.9. The van der Waals surface area contributed by atoms with Crippen molar-refractivity contribution in [3.8, 4) is 0 Å². The Morgan fingerprint density at radius 2 is 1.84 bits per heavy atom. The maximum absolute atomic E-state index is 13.0. The summed E-state index contributed by atoms with van der Waals surface area (Å²) in [5.41, 5.74) is 1.16. The molecule has 1 atom stereocenters. The Hall–Kier alpha value is -3.43. The van der Waals surface area contributed by atoms with Crippen LogP contribution in [0.4, 0.5) is 10.5 Å². The minimum Gasteiger partial charge on any atom is -0.444 e. The van der Waals surface area contributed by atoms with Crippen LogP contribution in [0.1, 0.15) is 95.0 Å². The molecular formula is C28H40N4O6. The largest absolute Gasteiger partial charge is 0.444 e. The molecule has 1 aromatic rings. The highest BCUT2D eigenvalue weighted by atomic mass is 16.6. The second kappa shape index (κ2) is 12.9. The molecule has 1 unspecified atom stereocenters. The predicted molar refractivity (Wildman–Crippen MR) is 142 cm³/mol. The van der Waals surface area contributed by atoms with E-state index in [9.17, 15) is 24.0 Å². The van der Waals surface area contributed by atoms with Crippen LogP contribution in [0.2, 0.25) is 0 Å². The number of hydrogen-bond acceptors (Lipinski definition) is 6. The average molecular weight is 529 g/mol. The number of amides is 5. The Morgan fingerprint density at radius 3 is 2.53 bits per heavy atom. The van der Waals surface area contributed by atoms with Gasteiger partial charge in [-0.1, -0.05) is 25.8 Å². The van der Waals surface area contributed by atoms with E-state index in [0.29, 0.717) is 42.7 Å². The van der Waals surface area contributed by atoms with Gasteiger partial charge in [0.15, 0.2) is 0 Å². The van der Waals surface area contributed by atoms with Crippen LogP contribution >= 0.6 is 0 Å². The highest BCUT2D eigenvalue weighted by Crippen LogP contribution is 2.32. The number of nitrogens with one attached hydrogen (secondary N) is 2. The van der Waals surface area contributed by atoms with E-state index >= 15 is 0 Å². The van der Waals surface area contributed by atoms with Crippen LogP contribution in [-0.2, 0) is 25.7 Å². The van der Waals surface area contributed by atoms with Crippen molar-refractivity contribution < 1.29 is 28.7 Å². The van der Waals surface area contributed by atoms with Crippen LogP contribution in [0.5, 0.6) is 0 Å². The number of ether oxygens (including phenoxy) is 1. The van der Waals surface area contributed by atoms with E-state index in [1.165, 1.54) is 4.90 Å². The molecule has 0 saturated carbocycles. The molecule has 3 rings (SSSR count). The van der Waals surface area contributed by atoms with Crippen LogP contribution in [0.15, 0.2) is 18.2 Å². The second-order valence-corrected chi connectivity index (χ2v) is 10.9. The second-order valence-electron chi connectivity index (χ2n) is 10.9. The van der Waals surface area contributed by atoms with Crippen LogP contribution in [0.3, 0.4) is 0 Å². The summed E-state index contributed by atoms with van der Waals surface area (Å²) >= 11 is 0. The standard InChI is InChI=1S/C28H40N4O6/c1-5-6-16-31(27(37)38-28(2,3)4)17-9-7-8-13-23(33)29-21-12-10-11-19-20(21)18-32(26(19)36)22-14-15-24(34)30-25(22)35/h10-12,22H,5-9,13-18H2,1-4H3,(H,29,33)(H,30,34,35). The maximum Gasteiger partial charge on any atom is 0.410 e. The van der Waals surface area contributed by atoms with Gasteiger partial charge < -0.3 is 19.9 Å².